The van der Waals surface area contributed by atoms with E-state index in [-0.39, 0.29) is 10.8 Å². The molecule has 3 aliphatic rings. The fourth-order valence-corrected chi connectivity index (χ4v) is 6.70. The zero-order chi connectivity index (χ0) is 25.0. The van der Waals surface area contributed by atoms with Gasteiger partial charge in [0.2, 0.25) is 0 Å². The van der Waals surface area contributed by atoms with E-state index < -0.39 is 0 Å². The molecule has 0 radical (unpaired) electrons. The molecule has 5 rings (SSSR count). The molecular weight excluding hydrogens is 448 g/mol. The molecular formula is C32H37ClN2. The zero-order valence-corrected chi connectivity index (χ0v) is 22.7. The number of allylic oxidation sites excluding steroid dienone is 7. The predicted octanol–water partition coefficient (Wildman–Crippen LogP) is 8.25. The second-order valence-corrected chi connectivity index (χ2v) is 11.7. The number of halogens is 1. The van der Waals surface area contributed by atoms with Gasteiger partial charge in [0.1, 0.15) is 0 Å². The summed E-state index contributed by atoms with van der Waals surface area (Å²) in [5.41, 5.74) is 9.25. The van der Waals surface area contributed by atoms with Crippen LogP contribution in [0.15, 0.2) is 94.7 Å². The van der Waals surface area contributed by atoms with Crippen molar-refractivity contribution >= 4 is 23.0 Å². The summed E-state index contributed by atoms with van der Waals surface area (Å²) in [5, 5.41) is 0.927. The molecule has 1 atom stereocenters. The molecule has 0 fully saturated rings. The van der Waals surface area contributed by atoms with Crippen LogP contribution in [0, 0.1) is 0 Å². The molecule has 0 saturated carbocycles. The summed E-state index contributed by atoms with van der Waals surface area (Å²) >= 11 is 7.02. The van der Waals surface area contributed by atoms with E-state index in [0.29, 0.717) is 6.04 Å². The Balaban J connectivity index is 1.43. The second kappa shape index (κ2) is 8.75. The minimum absolute atomic E-state index is 0.0242. The van der Waals surface area contributed by atoms with E-state index in [2.05, 4.69) is 124 Å². The Labute approximate surface area is 216 Å². The highest BCUT2D eigenvalue weighted by atomic mass is 35.5. The first-order chi connectivity index (χ1) is 16.6. The van der Waals surface area contributed by atoms with Gasteiger partial charge in [-0.05, 0) is 59.7 Å². The molecule has 1 aliphatic carbocycles. The molecule has 2 aromatic carbocycles. The third-order valence-electron chi connectivity index (χ3n) is 8.45. The average Bonchev–Trinajstić information content (AvgIpc) is 3.16. The van der Waals surface area contributed by atoms with Crippen LogP contribution in [-0.4, -0.2) is 20.1 Å². The Morgan fingerprint density at radius 1 is 0.857 bits per heavy atom. The van der Waals surface area contributed by atoms with E-state index in [1.807, 2.05) is 0 Å². The molecule has 35 heavy (non-hydrogen) atoms. The summed E-state index contributed by atoms with van der Waals surface area (Å²) in [5.74, 6) is 0. The van der Waals surface area contributed by atoms with Crippen molar-refractivity contribution in [3.8, 4) is 0 Å². The SMILES string of the molecule is CN1/C(=C\C=C2/CCCC(/C=C/C3N(C)c4ccccc4C3(C)C)=C2Cl)C(C)(C)c2ccccc21. The lowest BCUT2D eigenvalue weighted by atomic mass is 9.80. The van der Waals surface area contributed by atoms with Crippen LogP contribution in [0.3, 0.4) is 0 Å². The summed E-state index contributed by atoms with van der Waals surface area (Å²) in [6.45, 7) is 9.31. The average molecular weight is 485 g/mol. The Kier molecular flexibility index (Phi) is 6.00. The van der Waals surface area contributed by atoms with Gasteiger partial charge in [-0.3, -0.25) is 0 Å². The van der Waals surface area contributed by atoms with Crippen molar-refractivity contribution in [3.05, 3.63) is 106 Å². The van der Waals surface area contributed by atoms with Crippen molar-refractivity contribution < 1.29 is 0 Å². The molecule has 0 saturated heterocycles. The molecule has 1 unspecified atom stereocenters. The maximum Gasteiger partial charge on any atom is 0.0565 e. The van der Waals surface area contributed by atoms with E-state index in [1.54, 1.807) is 0 Å². The molecule has 0 bridgehead atoms. The highest BCUT2D eigenvalue weighted by Gasteiger charge is 2.41. The minimum atomic E-state index is -0.0242. The molecule has 0 amide bonds. The van der Waals surface area contributed by atoms with Crippen molar-refractivity contribution in [2.24, 2.45) is 0 Å². The quantitative estimate of drug-likeness (QED) is 0.432. The molecule has 2 aromatic rings. The van der Waals surface area contributed by atoms with E-state index in [1.165, 1.54) is 39.3 Å². The van der Waals surface area contributed by atoms with Crippen molar-refractivity contribution in [2.45, 2.75) is 63.8 Å². The van der Waals surface area contributed by atoms with E-state index in [0.717, 1.165) is 24.3 Å². The van der Waals surface area contributed by atoms with Gasteiger partial charge in [0.05, 0.1) is 6.04 Å². The molecule has 0 spiro atoms. The van der Waals surface area contributed by atoms with Gasteiger partial charge in [-0.25, -0.2) is 0 Å². The van der Waals surface area contributed by atoms with Crippen LogP contribution in [-0.2, 0) is 10.8 Å². The molecule has 182 valence electrons. The van der Waals surface area contributed by atoms with Crippen LogP contribution in [0.4, 0.5) is 11.4 Å². The van der Waals surface area contributed by atoms with Gasteiger partial charge in [0, 0.05) is 47.0 Å². The second-order valence-electron chi connectivity index (χ2n) is 11.3. The van der Waals surface area contributed by atoms with Gasteiger partial charge in [0.25, 0.3) is 0 Å². The van der Waals surface area contributed by atoms with E-state index in [4.69, 9.17) is 11.6 Å². The van der Waals surface area contributed by atoms with Gasteiger partial charge in [0.15, 0.2) is 0 Å². The number of rotatable bonds is 3. The number of hydrogen-bond donors (Lipinski definition) is 0. The number of fused-ring (bicyclic) bond motifs is 2. The number of benzene rings is 2. The fraction of sp³-hybridized carbons (Fsp3) is 0.375. The molecule has 0 aromatic heterocycles. The Hall–Kier alpha value is -2.71. The fourth-order valence-electron chi connectivity index (χ4n) is 6.39. The van der Waals surface area contributed by atoms with Gasteiger partial charge in [-0.15, -0.1) is 0 Å². The van der Waals surface area contributed by atoms with Crippen LogP contribution in [0.25, 0.3) is 0 Å². The largest absolute Gasteiger partial charge is 0.367 e. The van der Waals surface area contributed by atoms with Crippen molar-refractivity contribution in [2.75, 3.05) is 23.9 Å². The van der Waals surface area contributed by atoms with Gasteiger partial charge >= 0.3 is 0 Å². The number of nitrogens with zero attached hydrogens (tertiary/aromatic N) is 2. The lowest BCUT2D eigenvalue weighted by molar-refractivity contribution is 0.487. The molecule has 2 heterocycles. The van der Waals surface area contributed by atoms with Crippen molar-refractivity contribution in [1.82, 2.24) is 0 Å². The first-order valence-corrected chi connectivity index (χ1v) is 13.2. The standard InChI is InChI=1S/C32H37ClN2/c1-31(2)24-14-7-9-16-26(24)34(5)28(31)20-18-22-12-11-13-23(30(22)33)19-21-29-32(3,4)25-15-8-10-17-27(25)35(29)6/h7-10,14-21,28H,11-13H2,1-6H3/b20-18+,23-19+,29-21-. The normalized spacial score (nSPS) is 25.2. The van der Waals surface area contributed by atoms with Crippen LogP contribution >= 0.6 is 11.6 Å². The van der Waals surface area contributed by atoms with Crippen LogP contribution in [0.5, 0.6) is 0 Å². The van der Waals surface area contributed by atoms with Crippen LogP contribution in [0.2, 0.25) is 0 Å². The monoisotopic (exact) mass is 484 g/mol. The smallest absolute Gasteiger partial charge is 0.0565 e. The van der Waals surface area contributed by atoms with Gasteiger partial charge < -0.3 is 9.80 Å². The number of para-hydroxylation sites is 2. The van der Waals surface area contributed by atoms with Crippen molar-refractivity contribution in [3.63, 3.8) is 0 Å². The lowest BCUT2D eigenvalue weighted by Crippen LogP contribution is -2.37. The maximum absolute atomic E-state index is 7.02. The first-order valence-electron chi connectivity index (χ1n) is 12.8. The van der Waals surface area contributed by atoms with E-state index >= 15 is 0 Å². The molecule has 2 nitrogen and oxygen atoms in total. The maximum atomic E-state index is 7.02. The van der Waals surface area contributed by atoms with Crippen LogP contribution in [0.1, 0.15) is 58.1 Å². The number of likely N-dealkylation sites (N-methyl/N-ethyl adjacent to an activating group) is 2. The Morgan fingerprint density at radius 2 is 1.51 bits per heavy atom. The summed E-state index contributed by atoms with van der Waals surface area (Å²) < 4.78 is 0. The third-order valence-corrected chi connectivity index (χ3v) is 8.94. The Morgan fingerprint density at radius 3 is 2.20 bits per heavy atom. The minimum Gasteiger partial charge on any atom is -0.367 e. The van der Waals surface area contributed by atoms with Crippen LogP contribution < -0.4 is 9.80 Å². The van der Waals surface area contributed by atoms with Gasteiger partial charge in [-0.2, -0.15) is 0 Å². The summed E-state index contributed by atoms with van der Waals surface area (Å²) in [7, 11) is 4.37. The summed E-state index contributed by atoms with van der Waals surface area (Å²) in [6.07, 6.45) is 12.4. The third kappa shape index (κ3) is 3.87. The summed E-state index contributed by atoms with van der Waals surface area (Å²) in [6, 6.07) is 17.8. The Bertz CT molecular complexity index is 1270. The van der Waals surface area contributed by atoms with Gasteiger partial charge in [-0.1, -0.05) is 93.9 Å². The number of hydrogen-bond acceptors (Lipinski definition) is 2. The van der Waals surface area contributed by atoms with Crippen molar-refractivity contribution in [1.29, 1.82) is 0 Å². The molecule has 3 heteroatoms. The predicted molar refractivity (Wildman–Crippen MR) is 152 cm³/mol. The lowest BCUT2D eigenvalue weighted by Gasteiger charge is -2.30. The first kappa shape index (κ1) is 24.0. The highest BCUT2D eigenvalue weighted by Crippen LogP contribution is 2.47. The number of anilines is 2. The molecule has 0 N–H and O–H groups in total. The topological polar surface area (TPSA) is 6.48 Å². The molecule has 2 aliphatic heterocycles. The zero-order valence-electron chi connectivity index (χ0n) is 21.9. The summed E-state index contributed by atoms with van der Waals surface area (Å²) in [4.78, 5) is 4.73. The van der Waals surface area contributed by atoms with E-state index in [9.17, 15) is 0 Å². The highest BCUT2D eigenvalue weighted by molar-refractivity contribution is 6.32.